The lowest BCUT2D eigenvalue weighted by atomic mass is 10.4. The summed E-state index contributed by atoms with van der Waals surface area (Å²) in [6.07, 6.45) is 1.56. The zero-order valence-corrected chi connectivity index (χ0v) is 8.39. The number of nitrogens with zero attached hydrogens (tertiary/aromatic N) is 1. The van der Waals surface area contributed by atoms with Crippen LogP contribution in [0, 0.1) is 0 Å². The van der Waals surface area contributed by atoms with Gasteiger partial charge in [-0.05, 0) is 12.1 Å². The number of carbonyl (C=O) groups excluding carboxylic acids is 1. The van der Waals surface area contributed by atoms with Crippen molar-refractivity contribution in [3.8, 4) is 0 Å². The number of alkyl halides is 1. The molecule has 0 unspecified atom stereocenters. The van der Waals surface area contributed by atoms with Crippen molar-refractivity contribution < 1.29 is 4.79 Å². The van der Waals surface area contributed by atoms with E-state index < -0.39 is 0 Å². The van der Waals surface area contributed by atoms with E-state index in [4.69, 9.17) is 11.6 Å². The summed E-state index contributed by atoms with van der Waals surface area (Å²) in [7, 11) is 0. The average Bonchev–Trinajstić information content (AvgIpc) is 2.09. The highest BCUT2D eigenvalue weighted by molar-refractivity contribution is 9.09. The van der Waals surface area contributed by atoms with Gasteiger partial charge in [0.2, 0.25) is 5.91 Å². The van der Waals surface area contributed by atoms with Gasteiger partial charge in [-0.3, -0.25) is 4.79 Å². The Morgan fingerprint density at radius 1 is 1.75 bits per heavy atom. The van der Waals surface area contributed by atoms with Gasteiger partial charge in [0.15, 0.2) is 5.15 Å². The molecule has 1 rings (SSSR count). The third-order valence-electron chi connectivity index (χ3n) is 1.15. The van der Waals surface area contributed by atoms with Crippen LogP contribution < -0.4 is 5.32 Å². The van der Waals surface area contributed by atoms with Crippen molar-refractivity contribution >= 4 is 39.1 Å². The number of pyridine rings is 1. The van der Waals surface area contributed by atoms with E-state index in [0.29, 0.717) is 10.8 Å². The summed E-state index contributed by atoms with van der Waals surface area (Å²) in [5.74, 6) is -0.148. The van der Waals surface area contributed by atoms with E-state index in [1.54, 1.807) is 18.3 Å². The Balaban J connectivity index is 2.75. The largest absolute Gasteiger partial charge is 0.323 e. The highest BCUT2D eigenvalue weighted by atomic mass is 79.9. The highest BCUT2D eigenvalue weighted by Crippen LogP contribution is 2.17. The number of amides is 1. The monoisotopic (exact) mass is 248 g/mol. The number of nitrogens with one attached hydrogen (secondary N) is 1. The number of rotatable bonds is 2. The Labute approximate surface area is 83.3 Å². The first-order valence-corrected chi connectivity index (χ1v) is 4.70. The minimum Gasteiger partial charge on any atom is -0.323 e. The van der Waals surface area contributed by atoms with E-state index in [2.05, 4.69) is 26.2 Å². The van der Waals surface area contributed by atoms with Gasteiger partial charge in [-0.1, -0.05) is 27.5 Å². The van der Waals surface area contributed by atoms with Crippen molar-refractivity contribution in [2.45, 2.75) is 0 Å². The lowest BCUT2D eigenvalue weighted by Crippen LogP contribution is -2.12. The predicted molar refractivity (Wildman–Crippen MR) is 51.7 cm³/mol. The molecule has 0 radical (unpaired) electrons. The second kappa shape index (κ2) is 4.42. The second-order valence-electron chi connectivity index (χ2n) is 2.02. The van der Waals surface area contributed by atoms with E-state index >= 15 is 0 Å². The standard InChI is InChI=1S/C7H6BrClN2O/c8-4-6(12)11-5-2-1-3-10-7(5)9/h1-3H,4H2,(H,11,12). The average molecular weight is 249 g/mol. The number of hydrogen-bond acceptors (Lipinski definition) is 2. The van der Waals surface area contributed by atoms with E-state index in [0.717, 1.165) is 0 Å². The summed E-state index contributed by atoms with van der Waals surface area (Å²) < 4.78 is 0. The van der Waals surface area contributed by atoms with Crippen LogP contribution in [0.25, 0.3) is 0 Å². The summed E-state index contributed by atoms with van der Waals surface area (Å²) in [6, 6.07) is 3.39. The molecule has 0 aliphatic heterocycles. The molecule has 0 atom stereocenters. The maximum atomic E-state index is 10.9. The molecule has 1 heterocycles. The summed E-state index contributed by atoms with van der Waals surface area (Å²) in [4.78, 5) is 14.7. The molecule has 1 aromatic rings. The van der Waals surface area contributed by atoms with Gasteiger partial charge in [0.1, 0.15) is 0 Å². The summed E-state index contributed by atoms with van der Waals surface area (Å²) in [5.41, 5.74) is 0.531. The van der Waals surface area contributed by atoms with Gasteiger partial charge in [-0.2, -0.15) is 0 Å². The fourth-order valence-corrected chi connectivity index (χ4v) is 0.970. The highest BCUT2D eigenvalue weighted by Gasteiger charge is 2.03. The zero-order valence-electron chi connectivity index (χ0n) is 6.05. The van der Waals surface area contributed by atoms with Crippen LogP contribution in [-0.4, -0.2) is 16.2 Å². The van der Waals surface area contributed by atoms with Gasteiger partial charge >= 0.3 is 0 Å². The van der Waals surface area contributed by atoms with E-state index in [1.807, 2.05) is 0 Å². The first kappa shape index (κ1) is 9.48. The van der Waals surface area contributed by atoms with Gasteiger partial charge in [0, 0.05) is 6.20 Å². The molecule has 0 aromatic carbocycles. The van der Waals surface area contributed by atoms with Crippen molar-refractivity contribution in [3.05, 3.63) is 23.5 Å². The van der Waals surface area contributed by atoms with E-state index in [1.165, 1.54) is 0 Å². The molecule has 5 heteroatoms. The van der Waals surface area contributed by atoms with E-state index in [-0.39, 0.29) is 11.2 Å². The summed E-state index contributed by atoms with van der Waals surface area (Å²) in [5, 5.41) is 3.13. The number of hydrogen-bond donors (Lipinski definition) is 1. The number of aromatic nitrogens is 1. The quantitative estimate of drug-likeness (QED) is 0.644. The molecule has 1 amide bonds. The number of anilines is 1. The summed E-state index contributed by atoms with van der Waals surface area (Å²) in [6.45, 7) is 0. The molecular weight excluding hydrogens is 243 g/mol. The van der Waals surface area contributed by atoms with E-state index in [9.17, 15) is 4.79 Å². The molecule has 0 saturated heterocycles. The van der Waals surface area contributed by atoms with Crippen molar-refractivity contribution in [1.29, 1.82) is 0 Å². The minimum atomic E-state index is -0.148. The smallest absolute Gasteiger partial charge is 0.235 e. The van der Waals surface area contributed by atoms with Gasteiger partial charge in [-0.25, -0.2) is 4.98 Å². The Morgan fingerprint density at radius 3 is 3.08 bits per heavy atom. The third kappa shape index (κ3) is 2.46. The van der Waals surface area contributed by atoms with Crippen molar-refractivity contribution in [3.63, 3.8) is 0 Å². The second-order valence-corrected chi connectivity index (χ2v) is 2.94. The Bertz CT molecular complexity index is 292. The molecule has 1 N–H and O–H groups in total. The maximum Gasteiger partial charge on any atom is 0.235 e. The fourth-order valence-electron chi connectivity index (χ4n) is 0.663. The molecule has 0 fully saturated rings. The van der Waals surface area contributed by atoms with Gasteiger partial charge in [-0.15, -0.1) is 0 Å². The molecule has 3 nitrogen and oxygen atoms in total. The van der Waals surface area contributed by atoms with Crippen LogP contribution in [0.15, 0.2) is 18.3 Å². The lowest BCUT2D eigenvalue weighted by Gasteiger charge is -2.02. The van der Waals surface area contributed by atoms with Crippen LogP contribution >= 0.6 is 27.5 Å². The van der Waals surface area contributed by atoms with Crippen LogP contribution in [0.2, 0.25) is 5.15 Å². The van der Waals surface area contributed by atoms with Crippen LogP contribution in [0.5, 0.6) is 0 Å². The molecule has 0 saturated carbocycles. The first-order valence-electron chi connectivity index (χ1n) is 3.20. The third-order valence-corrected chi connectivity index (χ3v) is 1.97. The minimum absolute atomic E-state index is 0.148. The van der Waals surface area contributed by atoms with Crippen molar-refractivity contribution in [1.82, 2.24) is 4.98 Å². The zero-order chi connectivity index (χ0) is 8.97. The van der Waals surface area contributed by atoms with Crippen LogP contribution in [-0.2, 0) is 4.79 Å². The van der Waals surface area contributed by atoms with Gasteiger partial charge in [0.25, 0.3) is 0 Å². The van der Waals surface area contributed by atoms with Gasteiger partial charge < -0.3 is 5.32 Å². The Morgan fingerprint density at radius 2 is 2.50 bits per heavy atom. The summed E-state index contributed by atoms with van der Waals surface area (Å²) >= 11 is 8.71. The Hall–Kier alpha value is -0.610. The van der Waals surface area contributed by atoms with Crippen LogP contribution in [0.4, 0.5) is 5.69 Å². The predicted octanol–water partition coefficient (Wildman–Crippen LogP) is 2.07. The van der Waals surface area contributed by atoms with Crippen molar-refractivity contribution in [2.75, 3.05) is 10.6 Å². The molecule has 64 valence electrons. The molecule has 1 aromatic heterocycles. The first-order chi connectivity index (χ1) is 5.74. The molecule has 0 bridgehead atoms. The normalized spacial score (nSPS) is 9.50. The molecule has 0 spiro atoms. The topological polar surface area (TPSA) is 42.0 Å². The lowest BCUT2D eigenvalue weighted by molar-refractivity contribution is -0.113. The number of carbonyl (C=O) groups is 1. The number of halogens is 2. The molecule has 0 aliphatic rings. The van der Waals surface area contributed by atoms with Crippen LogP contribution in [0.1, 0.15) is 0 Å². The molecule has 0 aliphatic carbocycles. The maximum absolute atomic E-state index is 10.9. The van der Waals surface area contributed by atoms with Crippen LogP contribution in [0.3, 0.4) is 0 Å². The van der Waals surface area contributed by atoms with Crippen molar-refractivity contribution in [2.24, 2.45) is 0 Å². The Kier molecular flexibility index (Phi) is 3.49. The van der Waals surface area contributed by atoms with Gasteiger partial charge in [0.05, 0.1) is 11.0 Å². The molecular formula is C7H6BrClN2O. The fraction of sp³-hybridized carbons (Fsp3) is 0.143. The SMILES string of the molecule is O=C(CBr)Nc1cccnc1Cl. The molecule has 12 heavy (non-hydrogen) atoms.